The average molecular weight is 313 g/mol. The molecular formula is C17H23N5O. The molecule has 2 aromatic heterocycles. The van der Waals surface area contributed by atoms with Gasteiger partial charge in [-0.15, -0.1) is 0 Å². The fourth-order valence-electron chi connectivity index (χ4n) is 2.69. The number of aromatic nitrogens is 4. The Morgan fingerprint density at radius 2 is 1.87 bits per heavy atom. The van der Waals surface area contributed by atoms with Gasteiger partial charge in [-0.25, -0.2) is 19.9 Å². The number of ether oxygens (including phenoxy) is 1. The maximum absolute atomic E-state index is 5.83. The lowest BCUT2D eigenvalue weighted by atomic mass is 10.1. The molecule has 0 spiro atoms. The molecule has 1 aliphatic rings. The Hall–Kier alpha value is -2.08. The predicted molar refractivity (Wildman–Crippen MR) is 87.1 cm³/mol. The summed E-state index contributed by atoms with van der Waals surface area (Å²) in [6.07, 6.45) is 7.45. The van der Waals surface area contributed by atoms with Gasteiger partial charge in [0.25, 0.3) is 0 Å². The maximum Gasteiger partial charge on any atom is 0.316 e. The molecule has 0 unspecified atom stereocenters. The third-order valence-electron chi connectivity index (χ3n) is 3.98. The van der Waals surface area contributed by atoms with E-state index in [1.54, 1.807) is 18.5 Å². The molecule has 0 radical (unpaired) electrons. The molecule has 1 saturated heterocycles. The van der Waals surface area contributed by atoms with Gasteiger partial charge >= 0.3 is 6.01 Å². The normalized spacial score (nSPS) is 16.7. The van der Waals surface area contributed by atoms with Crippen LogP contribution in [0.25, 0.3) is 0 Å². The van der Waals surface area contributed by atoms with Crippen molar-refractivity contribution in [2.75, 3.05) is 13.1 Å². The van der Waals surface area contributed by atoms with Gasteiger partial charge in [-0.2, -0.15) is 0 Å². The molecule has 0 atom stereocenters. The van der Waals surface area contributed by atoms with E-state index in [1.165, 1.54) is 0 Å². The van der Waals surface area contributed by atoms with Crippen molar-refractivity contribution in [1.82, 2.24) is 24.8 Å². The van der Waals surface area contributed by atoms with E-state index in [-0.39, 0.29) is 6.10 Å². The average Bonchev–Trinajstić information content (AvgIpc) is 2.58. The van der Waals surface area contributed by atoms with E-state index in [2.05, 4.69) is 38.7 Å². The molecule has 3 rings (SSSR count). The largest absolute Gasteiger partial charge is 0.460 e. The second-order valence-corrected chi connectivity index (χ2v) is 6.19. The van der Waals surface area contributed by atoms with Gasteiger partial charge in [0.15, 0.2) is 0 Å². The summed E-state index contributed by atoms with van der Waals surface area (Å²) in [5.74, 6) is 1.28. The molecule has 1 fully saturated rings. The lowest BCUT2D eigenvalue weighted by Crippen LogP contribution is -2.38. The van der Waals surface area contributed by atoms with Crippen molar-refractivity contribution in [3.63, 3.8) is 0 Å². The van der Waals surface area contributed by atoms with Crippen molar-refractivity contribution in [3.8, 4) is 6.01 Å². The number of nitrogens with zero attached hydrogens (tertiary/aromatic N) is 5. The highest BCUT2D eigenvalue weighted by Gasteiger charge is 2.21. The Labute approximate surface area is 137 Å². The summed E-state index contributed by atoms with van der Waals surface area (Å²) in [5.41, 5.74) is 1.09. The van der Waals surface area contributed by atoms with Crippen molar-refractivity contribution in [1.29, 1.82) is 0 Å². The third kappa shape index (κ3) is 4.45. The molecule has 3 heterocycles. The lowest BCUT2D eigenvalue weighted by molar-refractivity contribution is 0.0885. The van der Waals surface area contributed by atoms with Crippen LogP contribution in [0, 0.1) is 0 Å². The van der Waals surface area contributed by atoms with Crippen LogP contribution in [-0.2, 0) is 6.54 Å². The smallest absolute Gasteiger partial charge is 0.316 e. The minimum absolute atomic E-state index is 0.199. The SMILES string of the molecule is CC(C)c1nccc(CN2CCC(Oc3ncccn3)CC2)n1. The van der Waals surface area contributed by atoms with Crippen molar-refractivity contribution in [2.24, 2.45) is 0 Å². The summed E-state index contributed by atoms with van der Waals surface area (Å²) in [4.78, 5) is 19.6. The van der Waals surface area contributed by atoms with Crippen LogP contribution >= 0.6 is 0 Å². The highest BCUT2D eigenvalue weighted by atomic mass is 16.5. The van der Waals surface area contributed by atoms with E-state index in [1.807, 2.05) is 12.3 Å². The molecule has 2 aromatic rings. The van der Waals surface area contributed by atoms with Crippen molar-refractivity contribution >= 4 is 0 Å². The lowest BCUT2D eigenvalue weighted by Gasteiger charge is -2.31. The van der Waals surface area contributed by atoms with Crippen LogP contribution in [-0.4, -0.2) is 44.0 Å². The first-order valence-corrected chi connectivity index (χ1v) is 8.18. The van der Waals surface area contributed by atoms with E-state index in [0.29, 0.717) is 11.9 Å². The van der Waals surface area contributed by atoms with Gasteiger partial charge in [0, 0.05) is 44.1 Å². The highest BCUT2D eigenvalue weighted by Crippen LogP contribution is 2.17. The number of hydrogen-bond acceptors (Lipinski definition) is 6. The van der Waals surface area contributed by atoms with E-state index in [4.69, 9.17) is 4.74 Å². The second-order valence-electron chi connectivity index (χ2n) is 6.19. The third-order valence-corrected chi connectivity index (χ3v) is 3.98. The first kappa shape index (κ1) is 15.8. The predicted octanol–water partition coefficient (Wildman–Crippen LogP) is 2.43. The minimum Gasteiger partial charge on any atom is -0.460 e. The van der Waals surface area contributed by atoms with Gasteiger partial charge in [-0.05, 0) is 25.0 Å². The zero-order chi connectivity index (χ0) is 16.1. The number of rotatable bonds is 5. The molecule has 0 saturated carbocycles. The molecule has 6 heteroatoms. The minimum atomic E-state index is 0.199. The summed E-state index contributed by atoms with van der Waals surface area (Å²) >= 11 is 0. The fourth-order valence-corrected chi connectivity index (χ4v) is 2.69. The Bertz CT molecular complexity index is 611. The quantitative estimate of drug-likeness (QED) is 0.845. The molecule has 0 bridgehead atoms. The topological polar surface area (TPSA) is 64.0 Å². The van der Waals surface area contributed by atoms with Crippen molar-refractivity contribution in [3.05, 3.63) is 42.2 Å². The molecule has 23 heavy (non-hydrogen) atoms. The van der Waals surface area contributed by atoms with Crippen LogP contribution in [0.1, 0.15) is 44.1 Å². The molecule has 0 amide bonds. The van der Waals surface area contributed by atoms with E-state index >= 15 is 0 Å². The summed E-state index contributed by atoms with van der Waals surface area (Å²) in [5, 5.41) is 0. The Kier molecular flexibility index (Phi) is 5.12. The molecule has 122 valence electrons. The zero-order valence-electron chi connectivity index (χ0n) is 13.7. The maximum atomic E-state index is 5.83. The van der Waals surface area contributed by atoms with Crippen LogP contribution in [0.2, 0.25) is 0 Å². The number of hydrogen-bond donors (Lipinski definition) is 0. The van der Waals surface area contributed by atoms with Crippen LogP contribution in [0.5, 0.6) is 6.01 Å². The first-order chi connectivity index (χ1) is 11.2. The number of piperidine rings is 1. The van der Waals surface area contributed by atoms with Crippen LogP contribution in [0.4, 0.5) is 0 Å². The van der Waals surface area contributed by atoms with E-state index in [0.717, 1.165) is 44.0 Å². The van der Waals surface area contributed by atoms with Gasteiger partial charge in [-0.1, -0.05) is 13.8 Å². The van der Waals surface area contributed by atoms with Gasteiger partial charge in [0.05, 0.1) is 5.69 Å². The Morgan fingerprint density at radius 1 is 1.13 bits per heavy atom. The monoisotopic (exact) mass is 313 g/mol. The Morgan fingerprint density at radius 3 is 2.57 bits per heavy atom. The molecule has 0 aromatic carbocycles. The summed E-state index contributed by atoms with van der Waals surface area (Å²) < 4.78 is 5.83. The number of likely N-dealkylation sites (tertiary alicyclic amines) is 1. The summed E-state index contributed by atoms with van der Waals surface area (Å²) in [6, 6.07) is 4.28. The van der Waals surface area contributed by atoms with E-state index < -0.39 is 0 Å². The van der Waals surface area contributed by atoms with Crippen LogP contribution in [0.15, 0.2) is 30.7 Å². The second kappa shape index (κ2) is 7.46. The summed E-state index contributed by atoms with van der Waals surface area (Å²) in [7, 11) is 0. The van der Waals surface area contributed by atoms with Crippen LogP contribution < -0.4 is 4.74 Å². The van der Waals surface area contributed by atoms with Gasteiger partial charge in [0.2, 0.25) is 0 Å². The summed E-state index contributed by atoms with van der Waals surface area (Å²) in [6.45, 7) is 7.11. The Balaban J connectivity index is 1.50. The van der Waals surface area contributed by atoms with Crippen molar-refractivity contribution < 1.29 is 4.74 Å². The molecular weight excluding hydrogens is 290 g/mol. The fraction of sp³-hybridized carbons (Fsp3) is 0.529. The highest BCUT2D eigenvalue weighted by molar-refractivity contribution is 5.05. The standard InChI is InChI=1S/C17H23N5O/c1-13(2)16-18-9-4-14(21-16)12-22-10-5-15(6-11-22)23-17-19-7-3-8-20-17/h3-4,7-9,13,15H,5-6,10-12H2,1-2H3. The van der Waals surface area contributed by atoms with Gasteiger partial charge in [0.1, 0.15) is 11.9 Å². The zero-order valence-corrected chi connectivity index (χ0v) is 13.7. The van der Waals surface area contributed by atoms with Crippen molar-refractivity contribution in [2.45, 2.75) is 45.3 Å². The molecule has 0 N–H and O–H groups in total. The molecule has 6 nitrogen and oxygen atoms in total. The first-order valence-electron chi connectivity index (χ1n) is 8.18. The van der Waals surface area contributed by atoms with Gasteiger partial charge in [-0.3, -0.25) is 4.90 Å². The van der Waals surface area contributed by atoms with Crippen LogP contribution in [0.3, 0.4) is 0 Å². The molecule has 0 aliphatic carbocycles. The molecule has 1 aliphatic heterocycles. The van der Waals surface area contributed by atoms with Gasteiger partial charge < -0.3 is 4.74 Å². The van der Waals surface area contributed by atoms with E-state index in [9.17, 15) is 0 Å².